The normalized spacial score (nSPS) is 13.1. The van der Waals surface area contributed by atoms with Crippen molar-refractivity contribution in [3.05, 3.63) is 29.8 Å². The van der Waals surface area contributed by atoms with Gasteiger partial charge in [-0.05, 0) is 38.5 Å². The third kappa shape index (κ3) is 6.45. The van der Waals surface area contributed by atoms with Gasteiger partial charge < -0.3 is 13.9 Å². The summed E-state index contributed by atoms with van der Waals surface area (Å²) < 4.78 is 26.0. The summed E-state index contributed by atoms with van der Waals surface area (Å²) in [6, 6.07) is 8.29. The topological polar surface area (TPSA) is 38.8 Å². The van der Waals surface area contributed by atoms with Crippen molar-refractivity contribution >= 4 is 58.5 Å². The molecule has 0 heterocycles. The van der Waals surface area contributed by atoms with Gasteiger partial charge in [0.2, 0.25) is 0 Å². The molecule has 0 bridgehead atoms. The Hall–Kier alpha value is 0.630. The highest BCUT2D eigenvalue weighted by molar-refractivity contribution is 14.1. The fourth-order valence-corrected chi connectivity index (χ4v) is 5.28. The molecule has 0 amide bonds. The number of hydrogen-bond acceptors (Lipinski definition) is 4. The van der Waals surface area contributed by atoms with E-state index in [2.05, 4.69) is 62.2 Å². The molecule has 0 aliphatic heterocycles. The highest BCUT2D eigenvalue weighted by Crippen LogP contribution is 2.60. The zero-order valence-corrected chi connectivity index (χ0v) is 19.2. The highest BCUT2D eigenvalue weighted by atomic mass is 127. The lowest BCUT2D eigenvalue weighted by molar-refractivity contribution is 0.213. The average molecular weight is 565 g/mol. The molecule has 0 N–H and O–H groups in total. The predicted octanol–water partition coefficient (Wildman–Crippen LogP) is 5.69. The van der Waals surface area contributed by atoms with Crippen LogP contribution in [0.25, 0.3) is 0 Å². The van der Waals surface area contributed by atoms with Crippen LogP contribution in [0.2, 0.25) is 0 Å². The van der Waals surface area contributed by atoms with E-state index < -0.39 is 7.60 Å². The van der Waals surface area contributed by atoms with Crippen LogP contribution in [-0.4, -0.2) is 35.2 Å². The van der Waals surface area contributed by atoms with E-state index in [-0.39, 0.29) is 5.66 Å². The summed E-state index contributed by atoms with van der Waals surface area (Å²) in [6.45, 7) is 8.44. The number of alkyl halides is 2. The van der Waals surface area contributed by atoms with E-state index in [0.29, 0.717) is 13.2 Å². The van der Waals surface area contributed by atoms with E-state index in [4.69, 9.17) is 9.05 Å². The smallest absolute Gasteiger partial charge is 0.337 e. The molecule has 1 rings (SSSR count). The molecule has 0 saturated heterocycles. The Morgan fingerprint density at radius 2 is 1.52 bits per heavy atom. The fourth-order valence-electron chi connectivity index (χ4n) is 2.34. The van der Waals surface area contributed by atoms with Gasteiger partial charge in [-0.1, -0.05) is 57.3 Å². The van der Waals surface area contributed by atoms with Crippen LogP contribution in [0.15, 0.2) is 24.3 Å². The molecule has 23 heavy (non-hydrogen) atoms. The van der Waals surface area contributed by atoms with Crippen LogP contribution in [0.5, 0.6) is 0 Å². The molecule has 0 saturated carbocycles. The molecule has 1 aromatic rings. The largest absolute Gasteiger partial charge is 0.370 e. The third-order valence-electron chi connectivity index (χ3n) is 3.54. The minimum atomic E-state index is -3.11. The molecule has 0 spiro atoms. The van der Waals surface area contributed by atoms with Crippen molar-refractivity contribution in [2.75, 3.05) is 40.1 Å². The second-order valence-electron chi connectivity index (χ2n) is 5.01. The Kier molecular flexibility index (Phi) is 10.6. The SMILES string of the molecule is CCOP(=O)(OCC)[C@@H](C)c1ccc(N(CCI)CCI)cc1. The van der Waals surface area contributed by atoms with Gasteiger partial charge in [0.1, 0.15) is 0 Å². The third-order valence-corrected chi connectivity index (χ3v) is 6.99. The molecule has 0 unspecified atom stereocenters. The van der Waals surface area contributed by atoms with Crippen LogP contribution in [-0.2, 0) is 13.6 Å². The molecule has 1 atom stereocenters. The Balaban J connectivity index is 2.95. The maximum absolute atomic E-state index is 12.9. The lowest BCUT2D eigenvalue weighted by Crippen LogP contribution is -2.27. The van der Waals surface area contributed by atoms with Gasteiger partial charge in [-0.15, -0.1) is 0 Å². The van der Waals surface area contributed by atoms with Crippen LogP contribution in [0.4, 0.5) is 5.69 Å². The summed E-state index contributed by atoms with van der Waals surface area (Å²) in [4.78, 5) is 2.37. The van der Waals surface area contributed by atoms with E-state index in [0.717, 1.165) is 27.5 Å². The Morgan fingerprint density at radius 1 is 1.04 bits per heavy atom. The summed E-state index contributed by atoms with van der Waals surface area (Å²) in [7, 11) is -3.11. The van der Waals surface area contributed by atoms with Gasteiger partial charge in [0.05, 0.1) is 18.9 Å². The van der Waals surface area contributed by atoms with Gasteiger partial charge in [0.15, 0.2) is 0 Å². The van der Waals surface area contributed by atoms with Crippen LogP contribution in [0.1, 0.15) is 32.0 Å². The van der Waals surface area contributed by atoms with E-state index in [1.807, 2.05) is 32.9 Å². The first-order chi connectivity index (χ1) is 11.0. The second kappa shape index (κ2) is 11.3. The van der Waals surface area contributed by atoms with Crippen molar-refractivity contribution in [2.45, 2.75) is 26.4 Å². The molecule has 1 aromatic carbocycles. The van der Waals surface area contributed by atoms with Gasteiger partial charge in [-0.3, -0.25) is 4.57 Å². The zero-order chi connectivity index (χ0) is 17.3. The summed E-state index contributed by atoms with van der Waals surface area (Å²) in [6.07, 6.45) is 0. The fraction of sp³-hybridized carbons (Fsp3) is 0.625. The van der Waals surface area contributed by atoms with Crippen molar-refractivity contribution in [1.29, 1.82) is 0 Å². The first kappa shape index (κ1) is 21.7. The van der Waals surface area contributed by atoms with Gasteiger partial charge in [-0.2, -0.15) is 0 Å². The van der Waals surface area contributed by atoms with Gasteiger partial charge in [0.25, 0.3) is 0 Å². The van der Waals surface area contributed by atoms with E-state index in [1.165, 1.54) is 5.69 Å². The zero-order valence-electron chi connectivity index (χ0n) is 14.0. The molecule has 0 fully saturated rings. The molecule has 0 aromatic heterocycles. The number of hydrogen-bond donors (Lipinski definition) is 0. The van der Waals surface area contributed by atoms with Crippen LogP contribution in [0.3, 0.4) is 0 Å². The van der Waals surface area contributed by atoms with Crippen LogP contribution in [0, 0.1) is 0 Å². The first-order valence-electron chi connectivity index (χ1n) is 7.88. The number of halogens is 2. The van der Waals surface area contributed by atoms with Crippen LogP contribution < -0.4 is 4.90 Å². The first-order valence-corrected chi connectivity index (χ1v) is 12.5. The molecular formula is C16H26I2NO3P. The summed E-state index contributed by atoms with van der Waals surface area (Å²) in [5.41, 5.74) is 1.93. The second-order valence-corrected chi connectivity index (χ2v) is 9.54. The molecule has 7 heteroatoms. The lowest BCUT2D eigenvalue weighted by atomic mass is 10.1. The van der Waals surface area contributed by atoms with E-state index in [9.17, 15) is 4.57 Å². The maximum Gasteiger partial charge on any atom is 0.337 e. The Bertz CT molecular complexity index is 483. The molecule has 0 aliphatic rings. The van der Waals surface area contributed by atoms with Crippen molar-refractivity contribution in [3.63, 3.8) is 0 Å². The molecule has 0 radical (unpaired) electrons. The quantitative estimate of drug-likeness (QED) is 0.197. The standard InChI is InChI=1S/C16H26I2NO3P/c1-4-21-23(20,22-5-2)14(3)15-6-8-16(9-7-15)19(12-10-17)13-11-18/h6-9,14H,4-5,10-13H2,1-3H3/t14-/m0/s1. The van der Waals surface area contributed by atoms with Gasteiger partial charge >= 0.3 is 7.60 Å². The minimum absolute atomic E-state index is 0.265. The minimum Gasteiger partial charge on any atom is -0.370 e. The van der Waals surface area contributed by atoms with Gasteiger partial charge in [0, 0.05) is 27.6 Å². The molecular weight excluding hydrogens is 539 g/mol. The molecule has 0 aliphatic carbocycles. The van der Waals surface area contributed by atoms with Crippen molar-refractivity contribution in [3.8, 4) is 0 Å². The molecule has 132 valence electrons. The Morgan fingerprint density at radius 3 is 1.91 bits per heavy atom. The van der Waals surface area contributed by atoms with Crippen molar-refractivity contribution < 1.29 is 13.6 Å². The van der Waals surface area contributed by atoms with Crippen molar-refractivity contribution in [1.82, 2.24) is 0 Å². The van der Waals surface area contributed by atoms with E-state index in [1.54, 1.807) is 0 Å². The summed E-state index contributed by atoms with van der Waals surface area (Å²) in [5, 5.41) is 0. The number of benzene rings is 1. The number of rotatable bonds is 11. The Labute approximate surface area is 167 Å². The number of nitrogens with zero attached hydrogens (tertiary/aromatic N) is 1. The lowest BCUT2D eigenvalue weighted by Gasteiger charge is -2.26. The highest BCUT2D eigenvalue weighted by Gasteiger charge is 2.33. The van der Waals surface area contributed by atoms with Gasteiger partial charge in [-0.25, -0.2) is 0 Å². The predicted molar refractivity (Wildman–Crippen MR) is 116 cm³/mol. The average Bonchev–Trinajstić information content (AvgIpc) is 2.54. The van der Waals surface area contributed by atoms with Crippen LogP contribution >= 0.6 is 52.8 Å². The van der Waals surface area contributed by atoms with Crippen molar-refractivity contribution in [2.24, 2.45) is 0 Å². The summed E-state index contributed by atoms with van der Waals surface area (Å²) in [5.74, 6) is 0. The van der Waals surface area contributed by atoms with E-state index >= 15 is 0 Å². The monoisotopic (exact) mass is 565 g/mol. The summed E-state index contributed by atoms with van der Waals surface area (Å²) >= 11 is 4.80. The number of anilines is 1. The molecule has 4 nitrogen and oxygen atoms in total. The maximum atomic E-state index is 12.9.